The van der Waals surface area contributed by atoms with E-state index in [1.807, 2.05) is 0 Å². The van der Waals surface area contributed by atoms with Gasteiger partial charge in [0.25, 0.3) is 5.91 Å². The summed E-state index contributed by atoms with van der Waals surface area (Å²) in [5.41, 5.74) is 0. The molecule has 0 saturated heterocycles. The molecular weight excluding hydrogens is 412 g/mol. The van der Waals surface area contributed by atoms with E-state index in [1.54, 1.807) is 0 Å². The Morgan fingerprint density at radius 2 is 1.77 bits per heavy atom. The summed E-state index contributed by atoms with van der Waals surface area (Å²) < 4.78 is 42.9. The van der Waals surface area contributed by atoms with Crippen LogP contribution in [0.15, 0.2) is 23.1 Å². The van der Waals surface area contributed by atoms with Crippen LogP contribution in [0.1, 0.15) is 38.5 Å². The minimum absolute atomic E-state index is 0.0511. The zero-order valence-electron chi connectivity index (χ0n) is 16.9. The quantitative estimate of drug-likeness (QED) is 0.586. The average molecular weight is 441 g/mol. The van der Waals surface area contributed by atoms with Crippen molar-refractivity contribution in [1.82, 2.24) is 10.0 Å². The average Bonchev–Trinajstić information content (AvgIpc) is 3.00. The van der Waals surface area contributed by atoms with Crippen LogP contribution >= 0.6 is 0 Å². The molecule has 0 spiro atoms. The Labute approximate surface area is 176 Å². The topological polar surface area (TPSA) is 120 Å². The minimum atomic E-state index is -3.95. The SMILES string of the molecule is O=C(COC(=O)CNS(=O)(=O)c1ccc2c(c1)OCCCO2)NCC1CCCCC1. The molecule has 166 valence electrons. The number of hydrogen-bond donors (Lipinski definition) is 2. The van der Waals surface area contributed by atoms with Gasteiger partial charge in [0.15, 0.2) is 18.1 Å². The van der Waals surface area contributed by atoms with Crippen molar-refractivity contribution in [3.8, 4) is 11.5 Å². The minimum Gasteiger partial charge on any atom is -0.490 e. The maximum Gasteiger partial charge on any atom is 0.321 e. The summed E-state index contributed by atoms with van der Waals surface area (Å²) >= 11 is 0. The van der Waals surface area contributed by atoms with Crippen molar-refractivity contribution in [2.75, 3.05) is 32.9 Å². The molecule has 3 rings (SSSR count). The van der Waals surface area contributed by atoms with Crippen LogP contribution in [0.25, 0.3) is 0 Å². The molecule has 1 aromatic carbocycles. The predicted octanol–water partition coefficient (Wildman–Crippen LogP) is 1.37. The summed E-state index contributed by atoms with van der Waals surface area (Å²) in [6, 6.07) is 4.25. The van der Waals surface area contributed by atoms with E-state index in [9.17, 15) is 18.0 Å². The lowest BCUT2D eigenvalue weighted by Gasteiger charge is -2.21. The Morgan fingerprint density at radius 1 is 1.03 bits per heavy atom. The molecule has 2 aliphatic rings. The zero-order valence-corrected chi connectivity index (χ0v) is 17.7. The third kappa shape index (κ3) is 6.60. The number of carbonyl (C=O) groups is 2. The zero-order chi connectivity index (χ0) is 21.4. The summed E-state index contributed by atoms with van der Waals surface area (Å²) in [5, 5.41) is 2.76. The lowest BCUT2D eigenvalue weighted by Crippen LogP contribution is -2.36. The maximum atomic E-state index is 12.4. The van der Waals surface area contributed by atoms with Gasteiger partial charge in [0, 0.05) is 19.0 Å². The molecule has 1 aliphatic heterocycles. The van der Waals surface area contributed by atoms with Crippen molar-refractivity contribution in [3.63, 3.8) is 0 Å². The van der Waals surface area contributed by atoms with Crippen LogP contribution in [-0.4, -0.2) is 53.2 Å². The van der Waals surface area contributed by atoms with E-state index < -0.39 is 29.1 Å². The fourth-order valence-electron chi connectivity index (χ4n) is 3.45. The molecule has 10 heteroatoms. The van der Waals surface area contributed by atoms with E-state index in [-0.39, 0.29) is 10.8 Å². The highest BCUT2D eigenvalue weighted by Gasteiger charge is 2.20. The number of hydrogen-bond acceptors (Lipinski definition) is 7. The maximum absolute atomic E-state index is 12.4. The molecule has 1 fully saturated rings. The highest BCUT2D eigenvalue weighted by molar-refractivity contribution is 7.89. The highest BCUT2D eigenvalue weighted by Crippen LogP contribution is 2.31. The van der Waals surface area contributed by atoms with Crippen LogP contribution in [0.2, 0.25) is 0 Å². The Kier molecular flexibility index (Phi) is 7.92. The third-order valence-corrected chi connectivity index (χ3v) is 6.51. The van der Waals surface area contributed by atoms with Crippen molar-refractivity contribution in [1.29, 1.82) is 0 Å². The summed E-state index contributed by atoms with van der Waals surface area (Å²) in [4.78, 5) is 23.6. The molecule has 1 heterocycles. The van der Waals surface area contributed by atoms with Crippen LogP contribution < -0.4 is 19.5 Å². The second-order valence-corrected chi connectivity index (χ2v) is 9.22. The molecule has 1 aromatic rings. The molecule has 0 bridgehead atoms. The fourth-order valence-corrected chi connectivity index (χ4v) is 4.43. The second-order valence-electron chi connectivity index (χ2n) is 7.45. The van der Waals surface area contributed by atoms with Gasteiger partial charge < -0.3 is 19.5 Å². The van der Waals surface area contributed by atoms with Gasteiger partial charge in [0.1, 0.15) is 6.54 Å². The van der Waals surface area contributed by atoms with Gasteiger partial charge in [0.05, 0.1) is 18.1 Å². The van der Waals surface area contributed by atoms with Crippen LogP contribution in [-0.2, 0) is 24.3 Å². The Balaban J connectivity index is 1.42. The smallest absolute Gasteiger partial charge is 0.321 e. The number of ether oxygens (including phenoxy) is 3. The molecular formula is C20H28N2O7S. The van der Waals surface area contributed by atoms with Crippen LogP contribution in [0.3, 0.4) is 0 Å². The van der Waals surface area contributed by atoms with E-state index in [0.29, 0.717) is 43.6 Å². The molecule has 0 aromatic heterocycles. The van der Waals surface area contributed by atoms with Crippen LogP contribution in [0.5, 0.6) is 11.5 Å². The number of benzene rings is 1. The molecule has 9 nitrogen and oxygen atoms in total. The molecule has 1 amide bonds. The van der Waals surface area contributed by atoms with Gasteiger partial charge in [0.2, 0.25) is 10.0 Å². The first-order valence-corrected chi connectivity index (χ1v) is 11.7. The monoisotopic (exact) mass is 440 g/mol. The first kappa shape index (κ1) is 22.4. The van der Waals surface area contributed by atoms with Crippen molar-refractivity contribution in [2.45, 2.75) is 43.4 Å². The standard InChI is InChI=1S/C20H28N2O7S/c23-19(21-12-15-5-2-1-3-6-15)14-29-20(24)13-22-30(25,26)16-7-8-17-18(11-16)28-10-4-9-27-17/h7-8,11,15,22H,1-6,9-10,12-14H2,(H,21,23). The summed E-state index contributed by atoms with van der Waals surface area (Å²) in [6.45, 7) is 0.494. The van der Waals surface area contributed by atoms with E-state index >= 15 is 0 Å². The van der Waals surface area contributed by atoms with Gasteiger partial charge in [-0.15, -0.1) is 0 Å². The van der Waals surface area contributed by atoms with Gasteiger partial charge in [-0.3, -0.25) is 9.59 Å². The van der Waals surface area contributed by atoms with Crippen molar-refractivity contribution in [3.05, 3.63) is 18.2 Å². The highest BCUT2D eigenvalue weighted by atomic mass is 32.2. The van der Waals surface area contributed by atoms with E-state index in [1.165, 1.54) is 37.5 Å². The van der Waals surface area contributed by atoms with Gasteiger partial charge in [-0.05, 0) is 30.9 Å². The number of nitrogens with one attached hydrogen (secondary N) is 2. The van der Waals surface area contributed by atoms with E-state index in [2.05, 4.69) is 10.0 Å². The first-order chi connectivity index (χ1) is 14.4. The Morgan fingerprint density at radius 3 is 2.53 bits per heavy atom. The number of rotatable bonds is 8. The lowest BCUT2D eigenvalue weighted by atomic mass is 9.89. The Hall–Kier alpha value is -2.33. The van der Waals surface area contributed by atoms with Gasteiger partial charge in [-0.1, -0.05) is 19.3 Å². The number of sulfonamides is 1. The number of esters is 1. The van der Waals surface area contributed by atoms with Gasteiger partial charge in [-0.25, -0.2) is 8.42 Å². The Bertz CT molecular complexity index is 851. The first-order valence-electron chi connectivity index (χ1n) is 10.3. The molecule has 0 atom stereocenters. The van der Waals surface area contributed by atoms with Gasteiger partial charge in [-0.2, -0.15) is 4.72 Å². The summed E-state index contributed by atoms with van der Waals surface area (Å²) in [7, 11) is -3.95. The molecule has 1 aliphatic carbocycles. The van der Waals surface area contributed by atoms with Crippen LogP contribution in [0.4, 0.5) is 0 Å². The molecule has 0 unspecified atom stereocenters. The normalized spacial score (nSPS) is 17.1. The lowest BCUT2D eigenvalue weighted by molar-refractivity contribution is -0.147. The largest absolute Gasteiger partial charge is 0.490 e. The summed E-state index contributed by atoms with van der Waals surface area (Å²) in [6.07, 6.45) is 6.50. The summed E-state index contributed by atoms with van der Waals surface area (Å²) in [5.74, 6) is 0.0682. The second kappa shape index (κ2) is 10.6. The molecule has 1 saturated carbocycles. The molecule has 30 heavy (non-hydrogen) atoms. The van der Waals surface area contributed by atoms with Crippen molar-refractivity contribution >= 4 is 21.9 Å². The predicted molar refractivity (Wildman–Crippen MR) is 108 cm³/mol. The third-order valence-electron chi connectivity index (χ3n) is 5.11. The number of carbonyl (C=O) groups excluding carboxylic acids is 2. The molecule has 0 radical (unpaired) electrons. The molecule has 2 N–H and O–H groups in total. The van der Waals surface area contributed by atoms with Crippen LogP contribution in [0, 0.1) is 5.92 Å². The van der Waals surface area contributed by atoms with Crippen molar-refractivity contribution < 1.29 is 32.2 Å². The number of fused-ring (bicyclic) bond motifs is 1. The van der Waals surface area contributed by atoms with Crippen molar-refractivity contribution in [2.24, 2.45) is 5.92 Å². The van der Waals surface area contributed by atoms with E-state index in [0.717, 1.165) is 12.8 Å². The fraction of sp³-hybridized carbons (Fsp3) is 0.600. The van der Waals surface area contributed by atoms with E-state index in [4.69, 9.17) is 14.2 Å². The number of amides is 1. The van der Waals surface area contributed by atoms with Gasteiger partial charge >= 0.3 is 5.97 Å².